The zero-order chi connectivity index (χ0) is 14.8. The van der Waals surface area contributed by atoms with E-state index >= 15 is 0 Å². The Kier molecular flexibility index (Phi) is 5.53. The Hall–Kier alpha value is -0.0800. The quantitative estimate of drug-likeness (QED) is 0.866. The van der Waals surface area contributed by atoms with Crippen molar-refractivity contribution in [2.75, 3.05) is 30.9 Å². The van der Waals surface area contributed by atoms with Gasteiger partial charge in [0.15, 0.2) is 9.84 Å². The zero-order valence-electron chi connectivity index (χ0n) is 11.3. The van der Waals surface area contributed by atoms with Crippen LogP contribution in [0.3, 0.4) is 0 Å². The van der Waals surface area contributed by atoms with Crippen LogP contribution in [0.25, 0.3) is 0 Å². The van der Waals surface area contributed by atoms with Gasteiger partial charge < -0.3 is 5.73 Å². The normalized spacial score (nSPS) is 22.6. The summed E-state index contributed by atoms with van der Waals surface area (Å²) in [6, 6.07) is 7.86. The van der Waals surface area contributed by atoms with Crippen LogP contribution in [0.2, 0.25) is 0 Å². The molecule has 0 spiro atoms. The van der Waals surface area contributed by atoms with E-state index in [1.54, 1.807) is 11.8 Å². The molecule has 20 heavy (non-hydrogen) atoms. The molecule has 0 radical (unpaired) electrons. The van der Waals surface area contributed by atoms with Crippen molar-refractivity contribution in [3.8, 4) is 0 Å². The first-order valence-corrected chi connectivity index (χ1v) is 10.3. The summed E-state index contributed by atoms with van der Waals surface area (Å²) < 4.78 is 25.0. The molecule has 112 valence electrons. The van der Waals surface area contributed by atoms with E-state index in [9.17, 15) is 8.42 Å². The first-order chi connectivity index (χ1) is 9.43. The Morgan fingerprint density at radius 1 is 1.55 bits per heavy atom. The van der Waals surface area contributed by atoms with Crippen LogP contribution in [-0.2, 0) is 9.84 Å². The number of hydrogen-bond acceptors (Lipinski definition) is 5. The van der Waals surface area contributed by atoms with E-state index in [4.69, 9.17) is 5.73 Å². The van der Waals surface area contributed by atoms with Crippen molar-refractivity contribution >= 4 is 37.5 Å². The van der Waals surface area contributed by atoms with Gasteiger partial charge in [0.05, 0.1) is 0 Å². The summed E-state index contributed by atoms with van der Waals surface area (Å²) in [6.45, 7) is 1.16. The molecule has 1 aromatic rings. The molecule has 0 bridgehead atoms. The van der Waals surface area contributed by atoms with Crippen LogP contribution < -0.4 is 5.73 Å². The molecule has 0 aliphatic carbocycles. The second-order valence-corrected chi connectivity index (χ2v) is 9.17. The SMILES string of the molecule is CS(=O)(=O)C1CSCCN1C(CN)c1cccc(Br)c1. The van der Waals surface area contributed by atoms with Crippen LogP contribution >= 0.6 is 27.7 Å². The van der Waals surface area contributed by atoms with Crippen LogP contribution in [0.1, 0.15) is 11.6 Å². The standard InChI is InChI=1S/C13H19BrN2O2S2/c1-20(17,18)13-9-19-6-5-16(13)12(8-15)10-3-2-4-11(14)7-10/h2-4,7,12-13H,5-6,8-9,15H2,1H3. The van der Waals surface area contributed by atoms with E-state index in [1.807, 2.05) is 29.2 Å². The summed E-state index contributed by atoms with van der Waals surface area (Å²) in [7, 11) is -3.11. The molecule has 1 fully saturated rings. The number of benzene rings is 1. The average Bonchev–Trinajstić information content (AvgIpc) is 2.39. The maximum Gasteiger partial charge on any atom is 0.164 e. The van der Waals surface area contributed by atoms with Crippen LogP contribution in [0, 0.1) is 0 Å². The predicted octanol–water partition coefficient (Wildman–Crippen LogP) is 1.87. The van der Waals surface area contributed by atoms with Crippen molar-refractivity contribution in [1.29, 1.82) is 0 Å². The van der Waals surface area contributed by atoms with Gasteiger partial charge in [-0.25, -0.2) is 8.42 Å². The summed E-state index contributed by atoms with van der Waals surface area (Å²) in [4.78, 5) is 2.04. The highest BCUT2D eigenvalue weighted by molar-refractivity contribution is 9.10. The minimum atomic E-state index is -3.11. The van der Waals surface area contributed by atoms with Crippen molar-refractivity contribution < 1.29 is 8.42 Å². The summed E-state index contributed by atoms with van der Waals surface area (Å²) in [5.41, 5.74) is 6.99. The Balaban J connectivity index is 2.33. The van der Waals surface area contributed by atoms with Crippen LogP contribution in [0.4, 0.5) is 0 Å². The molecular formula is C13H19BrN2O2S2. The second-order valence-electron chi connectivity index (χ2n) is 4.90. The highest BCUT2D eigenvalue weighted by Gasteiger charge is 2.35. The molecule has 2 atom stereocenters. The number of hydrogen-bond donors (Lipinski definition) is 1. The third-order valence-electron chi connectivity index (χ3n) is 3.48. The zero-order valence-corrected chi connectivity index (χ0v) is 14.5. The lowest BCUT2D eigenvalue weighted by atomic mass is 10.1. The van der Waals surface area contributed by atoms with Crippen molar-refractivity contribution in [1.82, 2.24) is 4.90 Å². The van der Waals surface area contributed by atoms with Gasteiger partial charge in [-0.05, 0) is 17.7 Å². The van der Waals surface area contributed by atoms with E-state index in [2.05, 4.69) is 15.9 Å². The van der Waals surface area contributed by atoms with Crippen LogP contribution in [-0.4, -0.2) is 49.5 Å². The number of thioether (sulfide) groups is 1. The molecule has 1 saturated heterocycles. The van der Waals surface area contributed by atoms with Gasteiger partial charge in [-0.2, -0.15) is 11.8 Å². The number of nitrogens with two attached hydrogens (primary N) is 1. The number of halogens is 1. The maximum atomic E-state index is 12.0. The first-order valence-electron chi connectivity index (χ1n) is 6.41. The summed E-state index contributed by atoms with van der Waals surface area (Å²) in [6.07, 6.45) is 1.31. The topological polar surface area (TPSA) is 63.4 Å². The minimum absolute atomic E-state index is 0.0619. The van der Waals surface area contributed by atoms with Gasteiger partial charge in [-0.15, -0.1) is 0 Å². The molecule has 2 N–H and O–H groups in total. The lowest BCUT2D eigenvalue weighted by Gasteiger charge is -2.39. The van der Waals surface area contributed by atoms with Crippen molar-refractivity contribution in [2.24, 2.45) is 5.73 Å². The summed E-state index contributed by atoms with van der Waals surface area (Å²) in [5, 5.41) is -0.450. The fraction of sp³-hybridized carbons (Fsp3) is 0.538. The number of rotatable bonds is 4. The van der Waals surface area contributed by atoms with E-state index in [-0.39, 0.29) is 6.04 Å². The maximum absolute atomic E-state index is 12.0. The van der Waals surface area contributed by atoms with Gasteiger partial charge in [0, 0.05) is 41.4 Å². The lowest BCUT2D eigenvalue weighted by Crippen LogP contribution is -2.50. The van der Waals surface area contributed by atoms with E-state index in [1.165, 1.54) is 6.26 Å². The molecule has 1 aliphatic heterocycles. The Morgan fingerprint density at radius 3 is 2.90 bits per heavy atom. The molecule has 0 saturated carbocycles. The Morgan fingerprint density at radius 2 is 2.30 bits per heavy atom. The molecule has 0 amide bonds. The number of sulfone groups is 1. The molecule has 1 heterocycles. The smallest absolute Gasteiger partial charge is 0.164 e. The van der Waals surface area contributed by atoms with E-state index in [0.717, 1.165) is 22.3 Å². The fourth-order valence-corrected chi connectivity index (χ4v) is 5.84. The lowest BCUT2D eigenvalue weighted by molar-refractivity contribution is 0.198. The van der Waals surface area contributed by atoms with Gasteiger partial charge in [-0.1, -0.05) is 28.1 Å². The van der Waals surface area contributed by atoms with Gasteiger partial charge >= 0.3 is 0 Å². The van der Waals surface area contributed by atoms with Crippen LogP contribution in [0.5, 0.6) is 0 Å². The molecule has 2 rings (SSSR count). The largest absolute Gasteiger partial charge is 0.329 e. The average molecular weight is 379 g/mol. The highest BCUT2D eigenvalue weighted by atomic mass is 79.9. The molecular weight excluding hydrogens is 360 g/mol. The Bertz CT molecular complexity index is 565. The van der Waals surface area contributed by atoms with E-state index < -0.39 is 15.2 Å². The van der Waals surface area contributed by atoms with Gasteiger partial charge in [0.25, 0.3) is 0 Å². The fourth-order valence-electron chi connectivity index (χ4n) is 2.50. The van der Waals surface area contributed by atoms with Crippen molar-refractivity contribution in [3.63, 3.8) is 0 Å². The second kappa shape index (κ2) is 6.79. The minimum Gasteiger partial charge on any atom is -0.329 e. The van der Waals surface area contributed by atoms with Gasteiger partial charge in [-0.3, -0.25) is 4.90 Å². The van der Waals surface area contributed by atoms with E-state index in [0.29, 0.717) is 12.3 Å². The number of nitrogens with zero attached hydrogens (tertiary/aromatic N) is 1. The molecule has 1 aromatic carbocycles. The highest BCUT2D eigenvalue weighted by Crippen LogP contribution is 2.30. The van der Waals surface area contributed by atoms with Crippen molar-refractivity contribution in [2.45, 2.75) is 11.4 Å². The van der Waals surface area contributed by atoms with Gasteiger partial charge in [0.1, 0.15) is 5.37 Å². The van der Waals surface area contributed by atoms with Gasteiger partial charge in [0.2, 0.25) is 0 Å². The molecule has 4 nitrogen and oxygen atoms in total. The third kappa shape index (κ3) is 3.76. The Labute approximate surface area is 133 Å². The third-order valence-corrected chi connectivity index (χ3v) is 6.63. The molecule has 2 unspecified atom stereocenters. The molecule has 7 heteroatoms. The first kappa shape index (κ1) is 16.3. The summed E-state index contributed by atoms with van der Waals surface area (Å²) >= 11 is 5.15. The monoisotopic (exact) mass is 378 g/mol. The molecule has 0 aromatic heterocycles. The predicted molar refractivity (Wildman–Crippen MR) is 88.6 cm³/mol. The van der Waals surface area contributed by atoms with Crippen molar-refractivity contribution in [3.05, 3.63) is 34.3 Å². The van der Waals surface area contributed by atoms with Crippen LogP contribution in [0.15, 0.2) is 28.7 Å². The molecule has 1 aliphatic rings. The summed E-state index contributed by atoms with van der Waals surface area (Å²) in [5.74, 6) is 1.56.